The summed E-state index contributed by atoms with van der Waals surface area (Å²) in [4.78, 5) is 0.262. The molecule has 0 saturated carbocycles. The third-order valence-electron chi connectivity index (χ3n) is 3.75. The van der Waals surface area contributed by atoms with Gasteiger partial charge in [0, 0.05) is 18.7 Å². The van der Waals surface area contributed by atoms with Gasteiger partial charge in [0.2, 0.25) is 10.0 Å². The molecule has 0 aliphatic carbocycles. The molecule has 24 heavy (non-hydrogen) atoms. The van der Waals surface area contributed by atoms with Crippen molar-refractivity contribution in [2.75, 3.05) is 13.2 Å². The van der Waals surface area contributed by atoms with Crippen molar-refractivity contribution >= 4 is 10.0 Å². The quantitative estimate of drug-likeness (QED) is 0.853. The van der Waals surface area contributed by atoms with E-state index in [2.05, 4.69) is 0 Å². The maximum Gasteiger partial charge on any atom is 0.243 e. The molecule has 0 atom stereocenters. The summed E-state index contributed by atoms with van der Waals surface area (Å²) >= 11 is 0. The summed E-state index contributed by atoms with van der Waals surface area (Å²) in [6, 6.07) is 14.1. The molecule has 2 aromatic carbocycles. The molecule has 0 saturated heterocycles. The Morgan fingerprint density at radius 3 is 2.50 bits per heavy atom. The van der Waals surface area contributed by atoms with Crippen molar-refractivity contribution in [3.63, 3.8) is 0 Å². The van der Waals surface area contributed by atoms with Crippen LogP contribution in [0.25, 0.3) is 0 Å². The summed E-state index contributed by atoms with van der Waals surface area (Å²) in [5.74, 6) is 1.41. The number of rotatable bonds is 4. The summed E-state index contributed by atoms with van der Waals surface area (Å²) in [5.41, 5.74) is 0.873. The Hall–Kier alpha value is -2.05. The molecule has 2 aromatic rings. The van der Waals surface area contributed by atoms with Crippen LogP contribution in [0.3, 0.4) is 0 Å². The van der Waals surface area contributed by atoms with E-state index in [1.54, 1.807) is 24.3 Å². The number of fused-ring (bicyclic) bond motifs is 1. The Kier molecular flexibility index (Phi) is 4.78. The maximum atomic E-state index is 12.9. The van der Waals surface area contributed by atoms with Gasteiger partial charge >= 0.3 is 0 Å². The largest absolute Gasteiger partial charge is 0.492 e. The van der Waals surface area contributed by atoms with Gasteiger partial charge < -0.3 is 9.47 Å². The summed E-state index contributed by atoms with van der Waals surface area (Å²) in [6.07, 6.45) is 0.0479. The topological polar surface area (TPSA) is 55.8 Å². The van der Waals surface area contributed by atoms with E-state index in [4.69, 9.17) is 9.47 Å². The van der Waals surface area contributed by atoms with Crippen LogP contribution >= 0.6 is 0 Å². The van der Waals surface area contributed by atoms with Crippen molar-refractivity contribution in [1.82, 2.24) is 4.31 Å². The monoisotopic (exact) mass is 347 g/mol. The predicted octanol–water partition coefficient (Wildman–Crippen LogP) is 3.06. The van der Waals surface area contributed by atoms with Gasteiger partial charge in [-0.3, -0.25) is 0 Å². The van der Waals surface area contributed by atoms with Crippen molar-refractivity contribution in [1.29, 1.82) is 0 Å². The van der Waals surface area contributed by atoms with Gasteiger partial charge in [-0.15, -0.1) is 0 Å². The lowest BCUT2D eigenvalue weighted by atomic mass is 10.2. The minimum atomic E-state index is -3.58. The highest BCUT2D eigenvalue weighted by molar-refractivity contribution is 7.89. The fourth-order valence-corrected chi connectivity index (χ4v) is 4.02. The average Bonchev–Trinajstić information content (AvgIpc) is 2.77. The van der Waals surface area contributed by atoms with E-state index in [1.165, 1.54) is 4.31 Å². The third kappa shape index (κ3) is 3.55. The molecular formula is C18H21NO4S. The molecule has 128 valence electrons. The van der Waals surface area contributed by atoms with Gasteiger partial charge in [-0.05, 0) is 44.2 Å². The SMILES string of the molecule is CC(C)Oc1ccc(S(=O)(=O)N2CCOc3ccccc3C2)cc1. The summed E-state index contributed by atoms with van der Waals surface area (Å²) in [7, 11) is -3.58. The molecule has 1 aliphatic rings. The fraction of sp³-hybridized carbons (Fsp3) is 0.333. The molecule has 0 fully saturated rings. The van der Waals surface area contributed by atoms with Crippen LogP contribution in [-0.2, 0) is 16.6 Å². The Bertz CT molecular complexity index is 800. The van der Waals surface area contributed by atoms with Crippen LogP contribution in [0.4, 0.5) is 0 Å². The maximum absolute atomic E-state index is 12.9. The molecule has 6 heteroatoms. The summed E-state index contributed by atoms with van der Waals surface area (Å²) in [5, 5.41) is 0. The number of hydrogen-bond donors (Lipinski definition) is 0. The Balaban J connectivity index is 1.85. The number of sulfonamides is 1. The smallest absolute Gasteiger partial charge is 0.243 e. The van der Waals surface area contributed by atoms with Crippen molar-refractivity contribution < 1.29 is 17.9 Å². The molecule has 0 bridgehead atoms. The van der Waals surface area contributed by atoms with Crippen molar-refractivity contribution in [2.45, 2.75) is 31.4 Å². The lowest BCUT2D eigenvalue weighted by Gasteiger charge is -2.20. The van der Waals surface area contributed by atoms with E-state index in [9.17, 15) is 8.42 Å². The molecule has 1 heterocycles. The van der Waals surface area contributed by atoms with Crippen LogP contribution in [-0.4, -0.2) is 32.0 Å². The number of hydrogen-bond acceptors (Lipinski definition) is 4. The van der Waals surface area contributed by atoms with Gasteiger partial charge in [-0.1, -0.05) is 18.2 Å². The number of ether oxygens (including phenoxy) is 2. The van der Waals surface area contributed by atoms with Crippen LogP contribution in [0, 0.1) is 0 Å². The van der Waals surface area contributed by atoms with E-state index in [-0.39, 0.29) is 11.0 Å². The van der Waals surface area contributed by atoms with Crippen LogP contribution in [0.5, 0.6) is 11.5 Å². The first-order chi connectivity index (χ1) is 11.5. The molecule has 3 rings (SSSR count). The van der Waals surface area contributed by atoms with Gasteiger partial charge in [0.25, 0.3) is 0 Å². The fourth-order valence-electron chi connectivity index (χ4n) is 2.62. The highest BCUT2D eigenvalue weighted by Gasteiger charge is 2.27. The number of benzene rings is 2. The molecule has 0 amide bonds. The van der Waals surface area contributed by atoms with Crippen molar-refractivity contribution in [3.8, 4) is 11.5 Å². The Labute approximate surface area is 142 Å². The summed E-state index contributed by atoms with van der Waals surface area (Å²) in [6.45, 7) is 4.83. The number of nitrogens with zero attached hydrogens (tertiary/aromatic N) is 1. The Morgan fingerprint density at radius 1 is 1.08 bits per heavy atom. The summed E-state index contributed by atoms with van der Waals surface area (Å²) < 4.78 is 38.5. The Morgan fingerprint density at radius 2 is 1.79 bits per heavy atom. The van der Waals surface area contributed by atoms with E-state index in [0.29, 0.717) is 25.4 Å². The van der Waals surface area contributed by atoms with Gasteiger partial charge in [0.1, 0.15) is 18.1 Å². The molecule has 0 N–H and O–H groups in total. The second-order valence-corrected chi connectivity index (χ2v) is 7.87. The van der Waals surface area contributed by atoms with Gasteiger partial charge in [-0.2, -0.15) is 4.31 Å². The van der Waals surface area contributed by atoms with Crippen LogP contribution in [0.1, 0.15) is 19.4 Å². The lowest BCUT2D eigenvalue weighted by molar-refractivity contribution is 0.242. The molecule has 0 unspecified atom stereocenters. The third-order valence-corrected chi connectivity index (χ3v) is 5.61. The van der Waals surface area contributed by atoms with Gasteiger partial charge in [0.15, 0.2) is 0 Å². The van der Waals surface area contributed by atoms with E-state index >= 15 is 0 Å². The molecule has 0 aromatic heterocycles. The van der Waals surface area contributed by atoms with E-state index < -0.39 is 10.0 Å². The van der Waals surface area contributed by atoms with Crippen LogP contribution in [0.15, 0.2) is 53.4 Å². The molecule has 0 spiro atoms. The molecule has 1 aliphatic heterocycles. The second kappa shape index (κ2) is 6.83. The zero-order valence-corrected chi connectivity index (χ0v) is 14.6. The average molecular weight is 347 g/mol. The minimum Gasteiger partial charge on any atom is -0.492 e. The molecule has 5 nitrogen and oxygen atoms in total. The predicted molar refractivity (Wildman–Crippen MR) is 91.7 cm³/mol. The first-order valence-corrected chi connectivity index (χ1v) is 9.38. The normalized spacial score (nSPS) is 15.5. The van der Waals surface area contributed by atoms with Crippen LogP contribution in [0.2, 0.25) is 0 Å². The highest BCUT2D eigenvalue weighted by atomic mass is 32.2. The first-order valence-electron chi connectivity index (χ1n) is 7.94. The molecular weight excluding hydrogens is 326 g/mol. The molecule has 0 radical (unpaired) electrons. The second-order valence-electron chi connectivity index (χ2n) is 5.93. The van der Waals surface area contributed by atoms with Crippen molar-refractivity contribution in [3.05, 3.63) is 54.1 Å². The standard InChI is InChI=1S/C18H21NO4S/c1-14(2)23-16-7-9-17(10-8-16)24(20,21)19-11-12-22-18-6-4-3-5-15(18)13-19/h3-10,14H,11-13H2,1-2H3. The van der Waals surface area contributed by atoms with Crippen LogP contribution < -0.4 is 9.47 Å². The van der Waals surface area contributed by atoms with E-state index in [1.807, 2.05) is 38.1 Å². The highest BCUT2D eigenvalue weighted by Crippen LogP contribution is 2.27. The lowest BCUT2D eigenvalue weighted by Crippen LogP contribution is -2.32. The van der Waals surface area contributed by atoms with Gasteiger partial charge in [0.05, 0.1) is 11.0 Å². The van der Waals surface area contributed by atoms with E-state index in [0.717, 1.165) is 11.3 Å². The van der Waals surface area contributed by atoms with Crippen molar-refractivity contribution in [2.24, 2.45) is 0 Å². The zero-order valence-electron chi connectivity index (χ0n) is 13.8. The first kappa shape index (κ1) is 16.8. The minimum absolute atomic E-state index is 0.0479. The zero-order chi connectivity index (χ0) is 17.2. The van der Waals surface area contributed by atoms with Gasteiger partial charge in [-0.25, -0.2) is 8.42 Å². The number of para-hydroxylation sites is 1.